The first-order chi connectivity index (χ1) is 8.10. The Labute approximate surface area is 106 Å². The summed E-state index contributed by atoms with van der Waals surface area (Å²) in [4.78, 5) is 2.30. The highest BCUT2D eigenvalue weighted by atomic mass is 16.5. The molecule has 0 aromatic heterocycles. The van der Waals surface area contributed by atoms with E-state index in [0.717, 1.165) is 5.75 Å². The van der Waals surface area contributed by atoms with Crippen molar-refractivity contribution in [3.8, 4) is 5.75 Å². The molecule has 0 amide bonds. The third-order valence-corrected chi connectivity index (χ3v) is 3.27. The van der Waals surface area contributed by atoms with E-state index >= 15 is 0 Å². The van der Waals surface area contributed by atoms with Crippen molar-refractivity contribution in [2.24, 2.45) is 5.92 Å². The molecule has 0 N–H and O–H groups in total. The van der Waals surface area contributed by atoms with Crippen molar-refractivity contribution in [1.29, 1.82) is 0 Å². The van der Waals surface area contributed by atoms with Crippen LogP contribution in [0.15, 0.2) is 24.3 Å². The molecule has 0 heterocycles. The van der Waals surface area contributed by atoms with Crippen LogP contribution >= 0.6 is 0 Å². The molecular formula is C15H25NO. The third-order valence-electron chi connectivity index (χ3n) is 3.27. The second-order valence-electron chi connectivity index (χ2n) is 4.95. The lowest BCUT2D eigenvalue weighted by molar-refractivity contribution is 0.213. The Morgan fingerprint density at radius 3 is 2.53 bits per heavy atom. The number of rotatable bonds is 6. The molecule has 96 valence electrons. The third kappa shape index (κ3) is 3.74. The molecule has 17 heavy (non-hydrogen) atoms. The molecule has 2 nitrogen and oxygen atoms in total. The van der Waals surface area contributed by atoms with Crippen LogP contribution in [-0.4, -0.2) is 26.1 Å². The lowest BCUT2D eigenvalue weighted by atomic mass is 9.90. The van der Waals surface area contributed by atoms with Crippen molar-refractivity contribution in [3.05, 3.63) is 29.8 Å². The minimum atomic E-state index is 0.463. The predicted octanol–water partition coefficient (Wildman–Crippen LogP) is 3.73. The van der Waals surface area contributed by atoms with Gasteiger partial charge in [-0.25, -0.2) is 0 Å². The van der Waals surface area contributed by atoms with Gasteiger partial charge in [0.25, 0.3) is 0 Å². The van der Waals surface area contributed by atoms with Crippen molar-refractivity contribution < 1.29 is 4.74 Å². The Kier molecular flexibility index (Phi) is 5.49. The summed E-state index contributed by atoms with van der Waals surface area (Å²) in [6.45, 7) is 4.57. The van der Waals surface area contributed by atoms with Gasteiger partial charge in [0.15, 0.2) is 0 Å². The predicted molar refractivity (Wildman–Crippen MR) is 73.5 cm³/mol. The molecule has 0 spiro atoms. The Morgan fingerprint density at radius 2 is 2.00 bits per heavy atom. The van der Waals surface area contributed by atoms with Crippen molar-refractivity contribution in [3.63, 3.8) is 0 Å². The molecular weight excluding hydrogens is 210 g/mol. The van der Waals surface area contributed by atoms with Crippen LogP contribution in [0.3, 0.4) is 0 Å². The summed E-state index contributed by atoms with van der Waals surface area (Å²) in [5.41, 5.74) is 1.34. The number of benzene rings is 1. The molecule has 0 saturated heterocycles. The number of hydrogen-bond acceptors (Lipinski definition) is 2. The number of ether oxygens (including phenoxy) is 1. The van der Waals surface area contributed by atoms with E-state index in [1.807, 2.05) is 6.07 Å². The van der Waals surface area contributed by atoms with Gasteiger partial charge in [0, 0.05) is 6.04 Å². The quantitative estimate of drug-likeness (QED) is 0.745. The topological polar surface area (TPSA) is 12.5 Å². The van der Waals surface area contributed by atoms with Gasteiger partial charge in [-0.15, -0.1) is 0 Å². The van der Waals surface area contributed by atoms with Gasteiger partial charge in [-0.3, -0.25) is 0 Å². The van der Waals surface area contributed by atoms with Gasteiger partial charge in [0.1, 0.15) is 5.75 Å². The monoisotopic (exact) mass is 235 g/mol. The molecule has 1 rings (SSSR count). The standard InChI is InChI=1S/C15H25NO/c1-6-8-12(2)15(16(3)4)13-9-7-10-14(11-13)17-5/h7,9-12,15H,6,8H2,1-5H3. The van der Waals surface area contributed by atoms with Crippen LogP contribution in [0, 0.1) is 5.92 Å². The van der Waals surface area contributed by atoms with E-state index in [1.54, 1.807) is 7.11 Å². The largest absolute Gasteiger partial charge is 0.497 e. The van der Waals surface area contributed by atoms with Gasteiger partial charge < -0.3 is 9.64 Å². The maximum Gasteiger partial charge on any atom is 0.119 e. The highest BCUT2D eigenvalue weighted by Gasteiger charge is 2.21. The Hall–Kier alpha value is -1.02. The van der Waals surface area contributed by atoms with E-state index < -0.39 is 0 Å². The molecule has 2 unspecified atom stereocenters. The van der Waals surface area contributed by atoms with E-state index in [-0.39, 0.29) is 0 Å². The van der Waals surface area contributed by atoms with Crippen LogP contribution in [0.2, 0.25) is 0 Å². The Balaban J connectivity index is 2.96. The highest BCUT2D eigenvalue weighted by molar-refractivity contribution is 5.30. The fourth-order valence-corrected chi connectivity index (χ4v) is 2.57. The summed E-state index contributed by atoms with van der Waals surface area (Å²) in [5, 5.41) is 0. The molecule has 1 aromatic rings. The lowest BCUT2D eigenvalue weighted by Gasteiger charge is -2.30. The van der Waals surface area contributed by atoms with Gasteiger partial charge in [-0.2, -0.15) is 0 Å². The van der Waals surface area contributed by atoms with Crippen LogP contribution in [0.1, 0.15) is 38.3 Å². The summed E-state index contributed by atoms with van der Waals surface area (Å²) < 4.78 is 5.31. The SMILES string of the molecule is CCCC(C)C(c1cccc(OC)c1)N(C)C. The second kappa shape index (κ2) is 6.65. The van der Waals surface area contributed by atoms with Gasteiger partial charge in [0.05, 0.1) is 7.11 Å². The maximum atomic E-state index is 5.31. The van der Waals surface area contributed by atoms with E-state index in [1.165, 1.54) is 18.4 Å². The molecule has 1 aromatic carbocycles. The molecule has 0 aliphatic heterocycles. The van der Waals surface area contributed by atoms with Crippen molar-refractivity contribution in [1.82, 2.24) is 4.90 Å². The number of nitrogens with zero attached hydrogens (tertiary/aromatic N) is 1. The Bertz CT molecular complexity index is 335. The molecule has 2 atom stereocenters. The van der Waals surface area contributed by atoms with Crippen LogP contribution in [-0.2, 0) is 0 Å². The molecule has 0 bridgehead atoms. The lowest BCUT2D eigenvalue weighted by Crippen LogP contribution is -2.26. The average Bonchev–Trinajstić information content (AvgIpc) is 2.29. The van der Waals surface area contributed by atoms with Crippen molar-refractivity contribution >= 4 is 0 Å². The molecule has 0 fully saturated rings. The fourth-order valence-electron chi connectivity index (χ4n) is 2.57. The van der Waals surface area contributed by atoms with Crippen molar-refractivity contribution in [2.45, 2.75) is 32.7 Å². The van der Waals surface area contributed by atoms with Crippen LogP contribution in [0.25, 0.3) is 0 Å². The summed E-state index contributed by atoms with van der Waals surface area (Å²) >= 11 is 0. The molecule has 2 heteroatoms. The van der Waals surface area contributed by atoms with E-state index in [4.69, 9.17) is 4.74 Å². The molecule has 0 aliphatic rings. The average molecular weight is 235 g/mol. The zero-order chi connectivity index (χ0) is 12.8. The van der Waals surface area contributed by atoms with E-state index in [9.17, 15) is 0 Å². The second-order valence-corrected chi connectivity index (χ2v) is 4.95. The molecule has 0 saturated carbocycles. The van der Waals surface area contributed by atoms with Crippen molar-refractivity contribution in [2.75, 3.05) is 21.2 Å². The first-order valence-electron chi connectivity index (χ1n) is 6.40. The maximum absolute atomic E-state index is 5.31. The minimum Gasteiger partial charge on any atom is -0.497 e. The summed E-state index contributed by atoms with van der Waals surface area (Å²) in [6.07, 6.45) is 2.48. The highest BCUT2D eigenvalue weighted by Crippen LogP contribution is 2.31. The minimum absolute atomic E-state index is 0.463. The zero-order valence-corrected chi connectivity index (χ0v) is 11.7. The first-order valence-corrected chi connectivity index (χ1v) is 6.40. The number of methoxy groups -OCH3 is 1. The first kappa shape index (κ1) is 14.0. The van der Waals surface area contributed by atoms with Gasteiger partial charge >= 0.3 is 0 Å². The summed E-state index contributed by atoms with van der Waals surface area (Å²) in [6, 6.07) is 8.88. The van der Waals surface area contributed by atoms with Gasteiger partial charge in [-0.1, -0.05) is 32.4 Å². The summed E-state index contributed by atoms with van der Waals surface area (Å²) in [5.74, 6) is 1.60. The zero-order valence-electron chi connectivity index (χ0n) is 11.7. The Morgan fingerprint density at radius 1 is 1.29 bits per heavy atom. The van der Waals surface area contributed by atoms with Gasteiger partial charge in [-0.05, 0) is 44.1 Å². The molecule has 0 aliphatic carbocycles. The van der Waals surface area contributed by atoms with E-state index in [2.05, 4.69) is 51.0 Å². The van der Waals surface area contributed by atoms with Crippen LogP contribution in [0.4, 0.5) is 0 Å². The normalized spacial score (nSPS) is 14.7. The number of hydrogen-bond donors (Lipinski definition) is 0. The fraction of sp³-hybridized carbons (Fsp3) is 0.600. The smallest absolute Gasteiger partial charge is 0.119 e. The van der Waals surface area contributed by atoms with Crippen LogP contribution < -0.4 is 4.74 Å². The van der Waals surface area contributed by atoms with E-state index in [0.29, 0.717) is 12.0 Å². The van der Waals surface area contributed by atoms with Crippen LogP contribution in [0.5, 0.6) is 5.75 Å². The summed E-state index contributed by atoms with van der Waals surface area (Å²) in [7, 11) is 6.02. The molecule has 0 radical (unpaired) electrons. The van der Waals surface area contributed by atoms with Gasteiger partial charge in [0.2, 0.25) is 0 Å².